The lowest BCUT2D eigenvalue weighted by Crippen LogP contribution is -2.08. The molecule has 0 atom stereocenters. The zero-order chi connectivity index (χ0) is 27.1. The van der Waals surface area contributed by atoms with Gasteiger partial charge in [0.05, 0.1) is 29.2 Å². The van der Waals surface area contributed by atoms with Crippen molar-refractivity contribution in [2.45, 2.75) is 25.8 Å². The Morgan fingerprint density at radius 1 is 0.895 bits per heavy atom. The average molecular weight is 574 g/mol. The lowest BCUT2D eigenvalue weighted by atomic mass is 10.0. The van der Waals surface area contributed by atoms with Crippen molar-refractivity contribution in [1.29, 1.82) is 0 Å². The van der Waals surface area contributed by atoms with Crippen molar-refractivity contribution < 1.29 is 24.2 Å². The van der Waals surface area contributed by atoms with E-state index < -0.39 is 5.97 Å². The van der Waals surface area contributed by atoms with Crippen LogP contribution in [0.1, 0.15) is 18.4 Å². The van der Waals surface area contributed by atoms with E-state index in [9.17, 15) is 9.59 Å². The molecule has 4 rings (SSSR count). The topological polar surface area (TPSA) is 90.6 Å². The molecule has 1 N–H and O–H groups in total. The number of carbonyl (C=O) groups excluding carboxylic acids is 1. The minimum atomic E-state index is -0.990. The maximum absolute atomic E-state index is 12.0. The average Bonchev–Trinajstić information content (AvgIpc) is 3.30. The number of benzene rings is 3. The van der Waals surface area contributed by atoms with Crippen LogP contribution in [0, 0.1) is 0 Å². The molecule has 196 valence electrons. The second-order valence-electron chi connectivity index (χ2n) is 8.41. The summed E-state index contributed by atoms with van der Waals surface area (Å²) in [5, 5.41) is 14.2. The van der Waals surface area contributed by atoms with E-state index in [0.717, 1.165) is 11.1 Å². The summed E-state index contributed by atoms with van der Waals surface area (Å²) < 4.78 is 13.6. The van der Waals surface area contributed by atoms with Crippen LogP contribution in [0.4, 0.5) is 0 Å². The van der Waals surface area contributed by atoms with Crippen molar-refractivity contribution in [2.24, 2.45) is 0 Å². The second-order valence-corrected chi connectivity index (χ2v) is 9.69. The molecule has 0 bridgehead atoms. The summed E-state index contributed by atoms with van der Waals surface area (Å²) in [6.45, 7) is 0.988. The van der Waals surface area contributed by atoms with Gasteiger partial charge >= 0.3 is 5.97 Å². The number of ether oxygens (including phenoxy) is 2. The third kappa shape index (κ3) is 7.74. The highest BCUT2D eigenvalue weighted by Gasteiger charge is 2.15. The summed E-state index contributed by atoms with van der Waals surface area (Å²) in [4.78, 5) is 22.6. The summed E-state index contributed by atoms with van der Waals surface area (Å²) in [7, 11) is 0. The Kier molecular flexibility index (Phi) is 9.29. The van der Waals surface area contributed by atoms with E-state index in [2.05, 4.69) is 5.10 Å². The van der Waals surface area contributed by atoms with Crippen LogP contribution < -0.4 is 9.47 Å². The number of aromatic nitrogens is 2. The van der Waals surface area contributed by atoms with Crippen LogP contribution >= 0.6 is 34.8 Å². The molecule has 0 aliphatic heterocycles. The van der Waals surface area contributed by atoms with Crippen LogP contribution in [0.25, 0.3) is 11.1 Å². The number of hydrogen-bond acceptors (Lipinski definition) is 5. The molecule has 0 aliphatic rings. The molecule has 1 heterocycles. The second kappa shape index (κ2) is 12.8. The van der Waals surface area contributed by atoms with Crippen molar-refractivity contribution in [3.8, 4) is 28.4 Å². The predicted octanol–water partition coefficient (Wildman–Crippen LogP) is 7.36. The molecule has 4 aromatic rings. The van der Waals surface area contributed by atoms with Gasteiger partial charge in [-0.3, -0.25) is 14.3 Å². The third-order valence-corrected chi connectivity index (χ3v) is 6.22. The van der Waals surface area contributed by atoms with Crippen molar-refractivity contribution in [3.05, 3.63) is 93.7 Å². The largest absolute Gasteiger partial charge is 0.492 e. The van der Waals surface area contributed by atoms with Gasteiger partial charge in [0.1, 0.15) is 23.9 Å². The van der Waals surface area contributed by atoms with Crippen molar-refractivity contribution >= 4 is 46.6 Å². The molecule has 0 unspecified atom stereocenters. The Labute approximate surface area is 234 Å². The Morgan fingerprint density at radius 2 is 1.61 bits per heavy atom. The van der Waals surface area contributed by atoms with E-state index in [1.54, 1.807) is 53.5 Å². The van der Waals surface area contributed by atoms with Crippen molar-refractivity contribution in [3.63, 3.8) is 0 Å². The monoisotopic (exact) mass is 572 g/mol. The number of nitrogens with zero attached hydrogens (tertiary/aromatic N) is 2. The number of aliphatic carboxylic acids is 1. The molecule has 1 aromatic heterocycles. The Hall–Kier alpha value is -3.52. The van der Waals surface area contributed by atoms with Gasteiger partial charge in [-0.05, 0) is 47.5 Å². The quantitative estimate of drug-likeness (QED) is 0.190. The van der Waals surface area contributed by atoms with E-state index in [-0.39, 0.29) is 25.0 Å². The number of halogens is 3. The van der Waals surface area contributed by atoms with Gasteiger partial charge in [0, 0.05) is 29.6 Å². The molecular formula is C28H23Cl3N2O5. The number of hydrogen-bond donors (Lipinski definition) is 1. The fourth-order valence-corrected chi connectivity index (χ4v) is 4.37. The van der Waals surface area contributed by atoms with Crippen LogP contribution in [0.2, 0.25) is 15.1 Å². The molecule has 10 heteroatoms. The standard InChI is InChI=1S/C28H23Cl3N2O5/c29-20-14-25(19-3-8-23(9-4-19)37-12-11-33-17-21(30)16-32-33)28(26(31)15-20)38-24-6-1-18(2-7-24)13-22(34)5-10-27(35)36/h1-4,6-9,14-17H,5,10-13H2,(H,35,36). The molecule has 7 nitrogen and oxygen atoms in total. The van der Waals surface area contributed by atoms with E-state index >= 15 is 0 Å². The first kappa shape index (κ1) is 27.5. The fraction of sp³-hybridized carbons (Fsp3) is 0.179. The molecule has 3 aromatic carbocycles. The van der Waals surface area contributed by atoms with E-state index in [1.165, 1.54) is 0 Å². The predicted molar refractivity (Wildman–Crippen MR) is 147 cm³/mol. The minimum Gasteiger partial charge on any atom is -0.492 e. The van der Waals surface area contributed by atoms with Crippen molar-refractivity contribution in [1.82, 2.24) is 9.78 Å². The van der Waals surface area contributed by atoms with Crippen molar-refractivity contribution in [2.75, 3.05) is 6.61 Å². The zero-order valence-corrected chi connectivity index (χ0v) is 22.3. The molecule has 0 amide bonds. The summed E-state index contributed by atoms with van der Waals surface area (Å²) >= 11 is 18.7. The summed E-state index contributed by atoms with van der Waals surface area (Å²) in [5.41, 5.74) is 2.30. The van der Waals surface area contributed by atoms with Gasteiger partial charge in [-0.2, -0.15) is 5.10 Å². The van der Waals surface area contributed by atoms with Crippen LogP contribution in [0.5, 0.6) is 17.2 Å². The van der Waals surface area contributed by atoms with Gasteiger partial charge in [0.15, 0.2) is 5.75 Å². The Balaban J connectivity index is 1.44. The molecule has 0 saturated heterocycles. The smallest absolute Gasteiger partial charge is 0.303 e. The van der Waals surface area contributed by atoms with Gasteiger partial charge in [-0.1, -0.05) is 59.1 Å². The van der Waals surface area contributed by atoms with Crippen LogP contribution in [-0.2, 0) is 22.6 Å². The van der Waals surface area contributed by atoms with Crippen LogP contribution in [0.15, 0.2) is 73.1 Å². The maximum Gasteiger partial charge on any atom is 0.303 e. The van der Waals surface area contributed by atoms with E-state index in [1.807, 2.05) is 24.3 Å². The lowest BCUT2D eigenvalue weighted by molar-refractivity contribution is -0.138. The van der Waals surface area contributed by atoms with E-state index in [0.29, 0.717) is 51.0 Å². The summed E-state index contributed by atoms with van der Waals surface area (Å²) in [5.74, 6) is 0.524. The third-order valence-electron chi connectivity index (χ3n) is 5.53. The highest BCUT2D eigenvalue weighted by atomic mass is 35.5. The molecule has 0 radical (unpaired) electrons. The normalized spacial score (nSPS) is 10.8. The number of carboxylic acids is 1. The number of ketones is 1. The van der Waals surface area contributed by atoms with Gasteiger partial charge in [-0.15, -0.1) is 0 Å². The first-order valence-electron chi connectivity index (χ1n) is 11.7. The molecule has 0 spiro atoms. The molecule has 0 fully saturated rings. The van der Waals surface area contributed by atoms with Gasteiger partial charge in [0.2, 0.25) is 0 Å². The van der Waals surface area contributed by atoms with Gasteiger partial charge in [0.25, 0.3) is 0 Å². The fourth-order valence-electron chi connectivity index (χ4n) is 3.68. The van der Waals surface area contributed by atoms with Gasteiger partial charge in [-0.25, -0.2) is 0 Å². The first-order valence-corrected chi connectivity index (χ1v) is 12.8. The number of Topliss-reactive ketones (excluding diaryl/α,β-unsaturated/α-hetero) is 1. The highest BCUT2D eigenvalue weighted by Crippen LogP contribution is 2.41. The highest BCUT2D eigenvalue weighted by molar-refractivity contribution is 6.36. The lowest BCUT2D eigenvalue weighted by Gasteiger charge is -2.15. The molecule has 0 aliphatic carbocycles. The number of carboxylic acid groups (broad SMARTS) is 1. The number of rotatable bonds is 12. The minimum absolute atomic E-state index is 0.000366. The maximum atomic E-state index is 12.0. The van der Waals surface area contributed by atoms with Crippen LogP contribution in [0.3, 0.4) is 0 Å². The van der Waals surface area contributed by atoms with E-state index in [4.69, 9.17) is 49.4 Å². The van der Waals surface area contributed by atoms with Crippen LogP contribution in [-0.4, -0.2) is 33.2 Å². The Morgan fingerprint density at radius 3 is 2.26 bits per heavy atom. The summed E-state index contributed by atoms with van der Waals surface area (Å²) in [6.07, 6.45) is 3.29. The van der Waals surface area contributed by atoms with Gasteiger partial charge < -0.3 is 14.6 Å². The zero-order valence-electron chi connectivity index (χ0n) is 20.1. The molecule has 38 heavy (non-hydrogen) atoms. The summed E-state index contributed by atoms with van der Waals surface area (Å²) in [6, 6.07) is 17.9. The molecular weight excluding hydrogens is 551 g/mol. The number of carbonyl (C=O) groups is 2. The molecule has 0 saturated carbocycles. The Bertz CT molecular complexity index is 1420. The first-order chi connectivity index (χ1) is 18.3. The SMILES string of the molecule is O=C(O)CCC(=O)Cc1ccc(Oc2c(Cl)cc(Cl)cc2-c2ccc(OCCn3cc(Cl)cn3)cc2)cc1.